The van der Waals surface area contributed by atoms with E-state index in [0.29, 0.717) is 43.8 Å². The third-order valence-electron chi connectivity index (χ3n) is 12.6. The third-order valence-corrected chi connectivity index (χ3v) is 13.0. The normalized spacial score (nSPS) is 20.4. The second-order valence-corrected chi connectivity index (χ2v) is 16.6. The third kappa shape index (κ3) is 6.00. The van der Waals surface area contributed by atoms with Gasteiger partial charge in [-0.25, -0.2) is 28.5 Å². The van der Waals surface area contributed by atoms with Crippen LogP contribution in [0.3, 0.4) is 0 Å². The van der Waals surface area contributed by atoms with E-state index in [0.717, 1.165) is 15.1 Å². The smallest absolute Gasteiger partial charge is 0.347 e. The highest BCUT2D eigenvalue weighted by atomic mass is 79.9. The molecule has 17 heteroatoms. The van der Waals surface area contributed by atoms with Gasteiger partial charge in [0, 0.05) is 48.1 Å². The van der Waals surface area contributed by atoms with Crippen LogP contribution < -0.4 is 36.6 Å². The monoisotopic (exact) mass is 903 g/mol. The number of benzene rings is 4. The van der Waals surface area contributed by atoms with Gasteiger partial charge in [0.1, 0.15) is 5.69 Å². The molecule has 9 rings (SSSR count). The highest BCUT2D eigenvalue weighted by Crippen LogP contribution is 2.63. The van der Waals surface area contributed by atoms with Crippen LogP contribution in [0.4, 0.5) is 5.69 Å². The van der Waals surface area contributed by atoms with Crippen LogP contribution >= 0.6 is 15.9 Å². The standard InChI is InChI=1S/C45H42BrN7O9/c1-24-11-13-27(14-12-24)48-52-40(55)30-21-33-28(38(29-19-26(46)20-37(62-5)39(29)54)45(30,42(52)57)25-9-7-6-8-10-25)15-18-51-43(58)50(44(59)53(33)51)17-16-31-41(56)49(2)34-23-36(61-4)35(60-3)22-32(34)47-31/h6-15,19-20,22-23,30,33,38,48,54H,16-18,21H2,1-5H3/t30-,33+,38+,45+/m0/s1. The molecule has 0 spiro atoms. The van der Waals surface area contributed by atoms with Gasteiger partial charge >= 0.3 is 11.4 Å². The van der Waals surface area contributed by atoms with Crippen molar-refractivity contribution in [2.24, 2.45) is 13.0 Å². The van der Waals surface area contributed by atoms with Crippen molar-refractivity contribution in [2.45, 2.75) is 50.2 Å². The Labute approximate surface area is 362 Å². The number of phenolic OH excluding ortho intramolecular Hbond substituents is 1. The molecule has 318 valence electrons. The zero-order valence-electron chi connectivity index (χ0n) is 34.4. The summed E-state index contributed by atoms with van der Waals surface area (Å²) in [5, 5.41) is 13.0. The first-order valence-electron chi connectivity index (χ1n) is 19.9. The lowest BCUT2D eigenvalue weighted by Gasteiger charge is -2.49. The molecule has 16 nitrogen and oxygen atoms in total. The number of allylic oxidation sites excluding steroid dienone is 2. The van der Waals surface area contributed by atoms with Gasteiger partial charge in [0.15, 0.2) is 23.0 Å². The number of aromatic hydroxyl groups is 1. The lowest BCUT2D eigenvalue weighted by Crippen LogP contribution is -2.53. The number of carbonyl (C=O) groups is 2. The maximum absolute atomic E-state index is 15.5. The van der Waals surface area contributed by atoms with Gasteiger partial charge in [-0.3, -0.25) is 19.8 Å². The van der Waals surface area contributed by atoms with Crippen molar-refractivity contribution >= 4 is 44.5 Å². The summed E-state index contributed by atoms with van der Waals surface area (Å²) in [5.74, 6) is -2.48. The quantitative estimate of drug-likeness (QED) is 0.144. The van der Waals surface area contributed by atoms with E-state index < -0.39 is 52.0 Å². The fraction of sp³-hybridized carbons (Fsp3) is 0.289. The molecule has 3 aliphatic rings. The van der Waals surface area contributed by atoms with Crippen molar-refractivity contribution < 1.29 is 28.9 Å². The Morgan fingerprint density at radius 2 is 1.58 bits per heavy atom. The Hall–Kier alpha value is -6.88. The van der Waals surface area contributed by atoms with Crippen LogP contribution in [0.15, 0.2) is 109 Å². The van der Waals surface area contributed by atoms with Crippen molar-refractivity contribution in [3.05, 3.63) is 149 Å². The molecule has 2 aromatic heterocycles. The van der Waals surface area contributed by atoms with Gasteiger partial charge in [-0.15, -0.1) is 0 Å². The largest absolute Gasteiger partial charge is 0.504 e. The fourth-order valence-electron chi connectivity index (χ4n) is 9.65. The number of ether oxygens (including phenoxy) is 3. The maximum atomic E-state index is 15.5. The van der Waals surface area contributed by atoms with E-state index in [9.17, 15) is 24.3 Å². The zero-order valence-corrected chi connectivity index (χ0v) is 36.0. The molecule has 2 N–H and O–H groups in total. The zero-order chi connectivity index (χ0) is 43.8. The van der Waals surface area contributed by atoms with Crippen molar-refractivity contribution in [1.29, 1.82) is 0 Å². The number of hydrogen-bond acceptors (Lipinski definition) is 11. The number of aromatic nitrogens is 5. The molecule has 2 aliphatic heterocycles. The summed E-state index contributed by atoms with van der Waals surface area (Å²) >= 11 is 3.57. The number of rotatable bonds is 10. The van der Waals surface area contributed by atoms with Crippen LogP contribution in [0.2, 0.25) is 0 Å². The number of nitrogens with zero attached hydrogens (tertiary/aromatic N) is 6. The molecule has 62 heavy (non-hydrogen) atoms. The Morgan fingerprint density at radius 1 is 0.887 bits per heavy atom. The van der Waals surface area contributed by atoms with Crippen LogP contribution in [0.5, 0.6) is 23.0 Å². The van der Waals surface area contributed by atoms with E-state index in [1.165, 1.54) is 35.3 Å². The molecule has 6 aromatic rings. The Morgan fingerprint density at radius 3 is 2.27 bits per heavy atom. The summed E-state index contributed by atoms with van der Waals surface area (Å²) in [7, 11) is 6.01. The number of anilines is 1. The van der Waals surface area contributed by atoms with Gasteiger partial charge in [0.05, 0.1) is 62.0 Å². The van der Waals surface area contributed by atoms with Gasteiger partial charge in [0.2, 0.25) is 0 Å². The summed E-state index contributed by atoms with van der Waals surface area (Å²) in [6, 6.07) is 22.0. The molecule has 0 bridgehead atoms. The minimum absolute atomic E-state index is 0.0405. The van der Waals surface area contributed by atoms with Crippen LogP contribution in [0.25, 0.3) is 11.0 Å². The molecule has 2 amide bonds. The second kappa shape index (κ2) is 15.2. The minimum Gasteiger partial charge on any atom is -0.504 e. The number of aryl methyl sites for hydroxylation is 3. The minimum atomic E-state index is -1.63. The van der Waals surface area contributed by atoms with Crippen molar-refractivity contribution in [1.82, 2.24) is 28.5 Å². The number of fused-ring (bicyclic) bond motifs is 5. The summed E-state index contributed by atoms with van der Waals surface area (Å²) in [5.41, 5.74) is 3.73. The molecule has 4 aromatic carbocycles. The molecule has 0 unspecified atom stereocenters. The van der Waals surface area contributed by atoms with E-state index in [4.69, 9.17) is 14.2 Å². The Bertz CT molecular complexity index is 3040. The van der Waals surface area contributed by atoms with Crippen LogP contribution in [0, 0.1) is 12.8 Å². The maximum Gasteiger partial charge on any atom is 0.347 e. The lowest BCUT2D eigenvalue weighted by molar-refractivity contribution is -0.138. The summed E-state index contributed by atoms with van der Waals surface area (Å²) in [6.45, 7) is 1.69. The first-order valence-corrected chi connectivity index (χ1v) is 20.7. The van der Waals surface area contributed by atoms with Gasteiger partial charge in [-0.05, 0) is 48.7 Å². The Kier molecular flexibility index (Phi) is 9.96. The van der Waals surface area contributed by atoms with Crippen molar-refractivity contribution in [2.75, 3.05) is 26.8 Å². The first kappa shape index (κ1) is 40.5. The predicted octanol–water partition coefficient (Wildman–Crippen LogP) is 4.72. The van der Waals surface area contributed by atoms with Crippen LogP contribution in [-0.4, -0.2) is 66.7 Å². The number of halogens is 1. The van der Waals surface area contributed by atoms with Gasteiger partial charge in [0.25, 0.3) is 17.4 Å². The Balaban J connectivity index is 1.19. The van der Waals surface area contributed by atoms with Gasteiger partial charge in [-0.1, -0.05) is 70.0 Å². The van der Waals surface area contributed by atoms with Crippen LogP contribution in [-0.2, 0) is 41.6 Å². The van der Waals surface area contributed by atoms with E-state index in [1.807, 2.05) is 31.2 Å². The lowest BCUT2D eigenvalue weighted by atomic mass is 9.53. The first-order chi connectivity index (χ1) is 29.8. The number of amides is 2. The average Bonchev–Trinajstić information content (AvgIpc) is 3.65. The van der Waals surface area contributed by atoms with E-state index >= 15 is 4.79 Å². The van der Waals surface area contributed by atoms with E-state index in [1.54, 1.807) is 67.7 Å². The summed E-state index contributed by atoms with van der Waals surface area (Å²) < 4.78 is 22.2. The van der Waals surface area contributed by atoms with E-state index in [-0.39, 0.29) is 48.7 Å². The number of imide groups is 1. The molecule has 4 heterocycles. The number of hydrazine groups is 1. The average molecular weight is 905 g/mol. The number of carbonyl (C=O) groups excluding carboxylic acids is 2. The number of nitrogens with one attached hydrogen (secondary N) is 1. The molecule has 1 saturated heterocycles. The van der Waals surface area contributed by atoms with Crippen LogP contribution in [0.1, 0.15) is 40.8 Å². The topological polar surface area (TPSA) is 181 Å². The molecular weight excluding hydrogens is 862 g/mol. The summed E-state index contributed by atoms with van der Waals surface area (Å²) in [6.07, 6.45) is 1.72. The van der Waals surface area contributed by atoms with Gasteiger partial charge < -0.3 is 23.9 Å². The van der Waals surface area contributed by atoms with Crippen molar-refractivity contribution in [3.63, 3.8) is 0 Å². The molecular formula is C45H42BrN7O9. The fourth-order valence-corrected chi connectivity index (χ4v) is 10.1. The molecule has 1 aliphatic carbocycles. The highest BCUT2D eigenvalue weighted by Gasteiger charge is 2.69. The number of hydrogen-bond donors (Lipinski definition) is 2. The van der Waals surface area contributed by atoms with Gasteiger partial charge in [-0.2, -0.15) is 5.01 Å². The predicted molar refractivity (Wildman–Crippen MR) is 232 cm³/mol. The number of phenols is 1. The van der Waals surface area contributed by atoms with Crippen molar-refractivity contribution in [3.8, 4) is 23.0 Å². The SMILES string of the molecule is COc1cc2nc(CCn3c(=O)n4n(c3=O)[C@@H]3C[C@H]5C(=O)N(Nc6ccc(C)cc6)C(=O)[C@@]5(c5ccccc5)[C@@H](c5cc(Br)cc(OC)c5O)C3=CC4)c(=O)n(C)c2cc1OC. The molecule has 0 radical (unpaired) electrons. The second-order valence-electron chi connectivity index (χ2n) is 15.7. The van der Waals surface area contributed by atoms with E-state index in [2.05, 4.69) is 26.3 Å². The summed E-state index contributed by atoms with van der Waals surface area (Å²) in [4.78, 5) is 77.6. The molecule has 2 fully saturated rings. The molecule has 1 saturated carbocycles. The molecule has 4 atom stereocenters. The number of methoxy groups -OCH3 is 3. The highest BCUT2D eigenvalue weighted by molar-refractivity contribution is 9.10.